The summed E-state index contributed by atoms with van der Waals surface area (Å²) in [7, 11) is 3.81. The molecule has 0 spiro atoms. The smallest absolute Gasteiger partial charge is 0.289 e. The fourth-order valence-corrected chi connectivity index (χ4v) is 3.04. The molecular formula is C19H20N4O3. The van der Waals surface area contributed by atoms with Crippen LogP contribution in [0.3, 0.4) is 0 Å². The second kappa shape index (κ2) is 6.67. The van der Waals surface area contributed by atoms with Crippen LogP contribution in [0, 0.1) is 0 Å². The number of furan rings is 1. The Hall–Kier alpha value is -3.09. The van der Waals surface area contributed by atoms with Crippen LogP contribution < -0.4 is 9.64 Å². The van der Waals surface area contributed by atoms with E-state index in [1.54, 1.807) is 17.0 Å². The minimum Gasteiger partial charge on any atom is -0.471 e. The summed E-state index contributed by atoms with van der Waals surface area (Å²) >= 11 is 0. The van der Waals surface area contributed by atoms with Gasteiger partial charge >= 0.3 is 0 Å². The maximum absolute atomic E-state index is 12.7. The first-order valence-corrected chi connectivity index (χ1v) is 8.56. The molecule has 3 aromatic rings. The third-order valence-corrected chi connectivity index (χ3v) is 4.44. The summed E-state index contributed by atoms with van der Waals surface area (Å²) in [6.45, 7) is 1.14. The highest BCUT2D eigenvalue weighted by molar-refractivity contribution is 5.96. The number of amides is 1. The first-order valence-electron chi connectivity index (χ1n) is 8.56. The number of aromatic nitrogens is 2. The van der Waals surface area contributed by atoms with E-state index in [2.05, 4.69) is 10.2 Å². The number of likely N-dealkylation sites (tertiary alicyclic amines) is 1. The molecule has 1 saturated heterocycles. The Bertz CT molecular complexity index is 887. The van der Waals surface area contributed by atoms with Gasteiger partial charge in [0.05, 0.1) is 6.54 Å². The van der Waals surface area contributed by atoms with Crippen LogP contribution in [-0.4, -0.2) is 54.3 Å². The Morgan fingerprint density at radius 3 is 2.81 bits per heavy atom. The third-order valence-electron chi connectivity index (χ3n) is 4.44. The zero-order valence-corrected chi connectivity index (χ0v) is 14.8. The van der Waals surface area contributed by atoms with E-state index in [1.807, 2.05) is 49.3 Å². The Labute approximate surface area is 151 Å². The minimum atomic E-state index is -0.110. The summed E-state index contributed by atoms with van der Waals surface area (Å²) in [6.07, 6.45) is 0.658. The van der Waals surface area contributed by atoms with E-state index in [1.165, 1.54) is 0 Å². The van der Waals surface area contributed by atoms with E-state index in [4.69, 9.17) is 9.15 Å². The summed E-state index contributed by atoms with van der Waals surface area (Å²) in [6, 6.07) is 13.1. The number of hydrogen-bond acceptors (Lipinski definition) is 6. The number of rotatable bonds is 4. The highest BCUT2D eigenvalue weighted by atomic mass is 16.5. The van der Waals surface area contributed by atoms with E-state index in [9.17, 15) is 4.79 Å². The first-order chi connectivity index (χ1) is 12.6. The van der Waals surface area contributed by atoms with Gasteiger partial charge in [0.15, 0.2) is 11.6 Å². The molecule has 0 bridgehead atoms. The van der Waals surface area contributed by atoms with Gasteiger partial charge in [-0.25, -0.2) is 0 Å². The van der Waals surface area contributed by atoms with Crippen molar-refractivity contribution in [3.63, 3.8) is 0 Å². The Morgan fingerprint density at radius 2 is 2.08 bits per heavy atom. The molecule has 0 aliphatic carbocycles. The fourth-order valence-electron chi connectivity index (χ4n) is 3.04. The molecule has 134 valence electrons. The summed E-state index contributed by atoms with van der Waals surface area (Å²) in [5, 5.41) is 9.12. The van der Waals surface area contributed by atoms with Gasteiger partial charge in [-0.2, -0.15) is 0 Å². The van der Waals surface area contributed by atoms with Crippen molar-refractivity contribution in [3.05, 3.63) is 48.2 Å². The van der Waals surface area contributed by atoms with Crippen LogP contribution in [0.1, 0.15) is 17.0 Å². The number of benzene rings is 1. The summed E-state index contributed by atoms with van der Waals surface area (Å²) in [5.74, 6) is 1.49. The van der Waals surface area contributed by atoms with Crippen molar-refractivity contribution < 1.29 is 13.9 Å². The molecule has 0 saturated carbocycles. The van der Waals surface area contributed by atoms with Gasteiger partial charge in [-0.05, 0) is 18.2 Å². The lowest BCUT2D eigenvalue weighted by Gasteiger charge is -2.16. The number of para-hydroxylation sites is 1. The molecular weight excluding hydrogens is 332 g/mol. The lowest BCUT2D eigenvalue weighted by molar-refractivity contribution is 0.0742. The van der Waals surface area contributed by atoms with E-state index >= 15 is 0 Å². The molecule has 26 heavy (non-hydrogen) atoms. The maximum atomic E-state index is 12.7. The summed E-state index contributed by atoms with van der Waals surface area (Å²) in [5.41, 5.74) is 0.721. The molecule has 1 aromatic carbocycles. The molecule has 1 atom stereocenters. The Balaban J connectivity index is 1.40. The van der Waals surface area contributed by atoms with Crippen molar-refractivity contribution in [1.82, 2.24) is 15.1 Å². The van der Waals surface area contributed by atoms with Crippen LogP contribution >= 0.6 is 0 Å². The van der Waals surface area contributed by atoms with Crippen molar-refractivity contribution in [2.45, 2.75) is 12.5 Å². The van der Waals surface area contributed by atoms with Gasteiger partial charge in [-0.1, -0.05) is 18.2 Å². The molecule has 4 rings (SSSR count). The van der Waals surface area contributed by atoms with Crippen LogP contribution in [0.25, 0.3) is 11.0 Å². The number of carbonyl (C=O) groups is 1. The van der Waals surface area contributed by atoms with Gasteiger partial charge in [-0.15, -0.1) is 10.2 Å². The molecule has 1 fully saturated rings. The summed E-state index contributed by atoms with van der Waals surface area (Å²) in [4.78, 5) is 16.3. The van der Waals surface area contributed by atoms with Gasteiger partial charge in [0.1, 0.15) is 11.7 Å². The van der Waals surface area contributed by atoms with Crippen LogP contribution in [0.15, 0.2) is 46.9 Å². The number of nitrogens with zero attached hydrogens (tertiary/aromatic N) is 4. The zero-order valence-electron chi connectivity index (χ0n) is 14.8. The van der Waals surface area contributed by atoms with Gasteiger partial charge < -0.3 is 19.0 Å². The fraction of sp³-hybridized carbons (Fsp3) is 0.316. The molecule has 7 heteroatoms. The Morgan fingerprint density at radius 1 is 1.23 bits per heavy atom. The van der Waals surface area contributed by atoms with Crippen molar-refractivity contribution in [2.75, 3.05) is 32.1 Å². The molecule has 2 aromatic heterocycles. The van der Waals surface area contributed by atoms with Crippen molar-refractivity contribution in [2.24, 2.45) is 0 Å². The first kappa shape index (κ1) is 16.4. The standard InChI is InChI=1S/C19H20N4O3/c1-22(2)17-7-8-18(21-20-17)25-14-9-10-23(12-14)19(24)16-11-13-5-3-4-6-15(13)26-16/h3-8,11,14H,9-10,12H2,1-2H3. The largest absolute Gasteiger partial charge is 0.471 e. The number of carbonyl (C=O) groups excluding carboxylic acids is 1. The van der Waals surface area contributed by atoms with E-state index in [0.717, 1.165) is 23.2 Å². The predicted molar refractivity (Wildman–Crippen MR) is 97.5 cm³/mol. The van der Waals surface area contributed by atoms with Gasteiger partial charge in [0.25, 0.3) is 5.91 Å². The quantitative estimate of drug-likeness (QED) is 0.719. The van der Waals surface area contributed by atoms with E-state index in [0.29, 0.717) is 24.7 Å². The van der Waals surface area contributed by atoms with Gasteiger partial charge in [-0.3, -0.25) is 4.79 Å². The molecule has 1 unspecified atom stereocenters. The van der Waals surface area contributed by atoms with Crippen molar-refractivity contribution in [1.29, 1.82) is 0 Å². The van der Waals surface area contributed by atoms with Crippen LogP contribution in [0.4, 0.5) is 5.82 Å². The van der Waals surface area contributed by atoms with E-state index in [-0.39, 0.29) is 12.0 Å². The molecule has 0 N–H and O–H groups in total. The predicted octanol–water partition coefficient (Wildman–Crippen LogP) is 2.58. The lowest BCUT2D eigenvalue weighted by atomic mass is 10.2. The molecule has 0 radical (unpaired) electrons. The van der Waals surface area contributed by atoms with E-state index < -0.39 is 0 Å². The zero-order chi connectivity index (χ0) is 18.1. The topological polar surface area (TPSA) is 71.7 Å². The number of hydrogen-bond donors (Lipinski definition) is 0. The average Bonchev–Trinajstić information content (AvgIpc) is 3.28. The summed E-state index contributed by atoms with van der Waals surface area (Å²) < 4.78 is 11.5. The van der Waals surface area contributed by atoms with Gasteiger partial charge in [0, 0.05) is 38.5 Å². The maximum Gasteiger partial charge on any atom is 0.289 e. The molecule has 3 heterocycles. The average molecular weight is 352 g/mol. The number of fused-ring (bicyclic) bond motifs is 1. The Kier molecular flexibility index (Phi) is 4.20. The monoisotopic (exact) mass is 352 g/mol. The second-order valence-corrected chi connectivity index (χ2v) is 6.55. The highest BCUT2D eigenvalue weighted by Gasteiger charge is 2.30. The normalized spacial score (nSPS) is 16.8. The number of ether oxygens (including phenoxy) is 1. The molecule has 1 aliphatic heterocycles. The third kappa shape index (κ3) is 3.20. The molecule has 1 amide bonds. The number of anilines is 1. The van der Waals surface area contributed by atoms with Crippen LogP contribution in [0.5, 0.6) is 5.88 Å². The van der Waals surface area contributed by atoms with Gasteiger partial charge in [0.2, 0.25) is 5.88 Å². The molecule has 1 aliphatic rings. The van der Waals surface area contributed by atoms with Crippen LogP contribution in [-0.2, 0) is 0 Å². The minimum absolute atomic E-state index is 0.0946. The second-order valence-electron chi connectivity index (χ2n) is 6.55. The van der Waals surface area contributed by atoms with Crippen molar-refractivity contribution in [3.8, 4) is 5.88 Å². The lowest BCUT2D eigenvalue weighted by Crippen LogP contribution is -2.30. The SMILES string of the molecule is CN(C)c1ccc(OC2CCN(C(=O)c3cc4ccccc4o3)C2)nn1. The van der Waals surface area contributed by atoms with Crippen LogP contribution in [0.2, 0.25) is 0 Å². The molecule has 7 nitrogen and oxygen atoms in total. The highest BCUT2D eigenvalue weighted by Crippen LogP contribution is 2.23. The van der Waals surface area contributed by atoms with Crippen molar-refractivity contribution >= 4 is 22.7 Å².